The zero-order valence-corrected chi connectivity index (χ0v) is 14.6. The van der Waals surface area contributed by atoms with Crippen molar-refractivity contribution in [3.63, 3.8) is 0 Å². The van der Waals surface area contributed by atoms with E-state index in [9.17, 15) is 23.2 Å². The van der Waals surface area contributed by atoms with E-state index < -0.39 is 31.0 Å². The standard InChI is InChI=1S/C19H17F2NO5/c1-11-3-4-14(9-12(11)2)18(25)26-10-16(23)22-17(24)13-5-7-15(8-6-13)27-19(20)21/h3-9,19H,10H2,1-2H3,(H,22,23,24). The van der Waals surface area contributed by atoms with Crippen LogP contribution in [0, 0.1) is 13.8 Å². The van der Waals surface area contributed by atoms with Crippen molar-refractivity contribution in [1.82, 2.24) is 5.32 Å². The van der Waals surface area contributed by atoms with E-state index >= 15 is 0 Å². The van der Waals surface area contributed by atoms with E-state index in [1.165, 1.54) is 24.3 Å². The molecule has 0 spiro atoms. The molecule has 2 rings (SSSR count). The molecule has 0 atom stereocenters. The molecule has 27 heavy (non-hydrogen) atoms. The number of hydrogen-bond donors (Lipinski definition) is 1. The third-order valence-electron chi connectivity index (χ3n) is 3.67. The van der Waals surface area contributed by atoms with E-state index in [0.717, 1.165) is 11.1 Å². The molecule has 142 valence electrons. The van der Waals surface area contributed by atoms with Gasteiger partial charge in [-0.2, -0.15) is 8.78 Å². The Hall–Kier alpha value is -3.29. The Balaban J connectivity index is 1.86. The molecular weight excluding hydrogens is 360 g/mol. The number of hydrogen-bond acceptors (Lipinski definition) is 5. The number of carbonyl (C=O) groups is 3. The Labute approximate surface area is 154 Å². The van der Waals surface area contributed by atoms with Gasteiger partial charge in [0.1, 0.15) is 5.75 Å². The number of ether oxygens (including phenoxy) is 2. The predicted octanol–water partition coefficient (Wildman–Crippen LogP) is 3.02. The van der Waals surface area contributed by atoms with Crippen molar-refractivity contribution >= 4 is 17.8 Å². The fourth-order valence-electron chi connectivity index (χ4n) is 2.11. The van der Waals surface area contributed by atoms with Crippen LogP contribution in [0.2, 0.25) is 0 Å². The second-order valence-electron chi connectivity index (χ2n) is 5.66. The van der Waals surface area contributed by atoms with E-state index in [2.05, 4.69) is 4.74 Å². The first-order valence-electron chi connectivity index (χ1n) is 7.89. The van der Waals surface area contributed by atoms with Crippen molar-refractivity contribution in [3.05, 3.63) is 64.7 Å². The molecule has 0 bridgehead atoms. The van der Waals surface area contributed by atoms with Crippen LogP contribution in [0.1, 0.15) is 31.8 Å². The second kappa shape index (κ2) is 8.88. The summed E-state index contributed by atoms with van der Waals surface area (Å²) in [7, 11) is 0. The third kappa shape index (κ3) is 5.88. The number of benzene rings is 2. The number of halogens is 2. The van der Waals surface area contributed by atoms with Gasteiger partial charge in [-0.3, -0.25) is 14.9 Å². The van der Waals surface area contributed by atoms with Gasteiger partial charge >= 0.3 is 12.6 Å². The molecule has 0 saturated heterocycles. The van der Waals surface area contributed by atoms with Crippen molar-refractivity contribution in [2.75, 3.05) is 6.61 Å². The topological polar surface area (TPSA) is 81.7 Å². The average Bonchev–Trinajstić information content (AvgIpc) is 2.62. The van der Waals surface area contributed by atoms with Gasteiger partial charge in [-0.15, -0.1) is 0 Å². The summed E-state index contributed by atoms with van der Waals surface area (Å²) >= 11 is 0. The molecular formula is C19H17F2NO5. The molecule has 0 unspecified atom stereocenters. The van der Waals surface area contributed by atoms with Crippen molar-refractivity contribution in [2.24, 2.45) is 0 Å². The van der Waals surface area contributed by atoms with Crippen LogP contribution in [-0.4, -0.2) is 31.0 Å². The molecule has 0 saturated carbocycles. The Kier molecular flexibility index (Phi) is 6.59. The molecule has 2 amide bonds. The van der Waals surface area contributed by atoms with Crippen LogP contribution < -0.4 is 10.1 Å². The van der Waals surface area contributed by atoms with E-state index in [4.69, 9.17) is 4.74 Å². The molecule has 1 N–H and O–H groups in total. The maximum Gasteiger partial charge on any atom is 0.387 e. The van der Waals surface area contributed by atoms with Crippen LogP contribution in [0.3, 0.4) is 0 Å². The molecule has 2 aromatic rings. The van der Waals surface area contributed by atoms with Crippen LogP contribution >= 0.6 is 0 Å². The minimum Gasteiger partial charge on any atom is -0.452 e. The second-order valence-corrected chi connectivity index (χ2v) is 5.66. The van der Waals surface area contributed by atoms with E-state index in [-0.39, 0.29) is 11.3 Å². The summed E-state index contributed by atoms with van der Waals surface area (Å²) in [5.41, 5.74) is 2.28. The zero-order valence-electron chi connectivity index (χ0n) is 14.6. The first-order valence-corrected chi connectivity index (χ1v) is 7.89. The summed E-state index contributed by atoms with van der Waals surface area (Å²) in [6.45, 7) is 0.132. The van der Waals surface area contributed by atoms with E-state index in [0.29, 0.717) is 5.56 Å². The molecule has 8 heteroatoms. The Morgan fingerprint density at radius 3 is 2.19 bits per heavy atom. The number of rotatable bonds is 6. The summed E-state index contributed by atoms with van der Waals surface area (Å²) in [4.78, 5) is 35.6. The number of esters is 1. The highest BCUT2D eigenvalue weighted by molar-refractivity contribution is 6.05. The lowest BCUT2D eigenvalue weighted by Gasteiger charge is -2.08. The quantitative estimate of drug-likeness (QED) is 0.783. The Bertz CT molecular complexity index is 850. The number of aryl methyl sites for hydroxylation is 2. The minimum atomic E-state index is -2.97. The fourth-order valence-corrected chi connectivity index (χ4v) is 2.11. The van der Waals surface area contributed by atoms with Gasteiger partial charge in [0.15, 0.2) is 6.61 Å². The van der Waals surface area contributed by atoms with Gasteiger partial charge in [-0.25, -0.2) is 4.79 Å². The molecule has 2 aromatic carbocycles. The lowest BCUT2D eigenvalue weighted by Crippen LogP contribution is -2.34. The monoisotopic (exact) mass is 377 g/mol. The van der Waals surface area contributed by atoms with Crippen LogP contribution in [0.5, 0.6) is 5.75 Å². The highest BCUT2D eigenvalue weighted by atomic mass is 19.3. The lowest BCUT2D eigenvalue weighted by atomic mass is 10.1. The van der Waals surface area contributed by atoms with E-state index in [1.54, 1.807) is 18.2 Å². The van der Waals surface area contributed by atoms with E-state index in [1.807, 2.05) is 19.2 Å². The highest BCUT2D eigenvalue weighted by Crippen LogP contribution is 2.15. The zero-order chi connectivity index (χ0) is 20.0. The smallest absolute Gasteiger partial charge is 0.387 e. The summed E-state index contributed by atoms with van der Waals surface area (Å²) in [5.74, 6) is -2.37. The van der Waals surface area contributed by atoms with Crippen molar-refractivity contribution < 1.29 is 32.6 Å². The summed E-state index contributed by atoms with van der Waals surface area (Å²) in [6, 6.07) is 9.77. The highest BCUT2D eigenvalue weighted by Gasteiger charge is 2.14. The first-order chi connectivity index (χ1) is 12.8. The van der Waals surface area contributed by atoms with Crippen molar-refractivity contribution in [2.45, 2.75) is 20.5 Å². The molecule has 0 fully saturated rings. The summed E-state index contributed by atoms with van der Waals surface area (Å²) < 4.78 is 33.2. The molecule has 0 aliphatic heterocycles. The number of nitrogens with one attached hydrogen (secondary N) is 1. The SMILES string of the molecule is Cc1ccc(C(=O)OCC(=O)NC(=O)c2ccc(OC(F)F)cc2)cc1C. The van der Waals surface area contributed by atoms with Crippen LogP contribution in [0.15, 0.2) is 42.5 Å². The van der Waals surface area contributed by atoms with Crippen LogP contribution in [0.25, 0.3) is 0 Å². The molecule has 0 aliphatic rings. The third-order valence-corrected chi connectivity index (χ3v) is 3.67. The first kappa shape index (κ1) is 20.0. The molecule has 0 heterocycles. The van der Waals surface area contributed by atoms with Gasteiger partial charge in [0.25, 0.3) is 11.8 Å². The van der Waals surface area contributed by atoms with Gasteiger partial charge in [-0.1, -0.05) is 6.07 Å². The minimum absolute atomic E-state index is 0.0606. The maximum absolute atomic E-state index is 12.1. The van der Waals surface area contributed by atoms with Gasteiger partial charge in [0.05, 0.1) is 5.56 Å². The number of carbonyl (C=O) groups excluding carboxylic acids is 3. The van der Waals surface area contributed by atoms with Crippen molar-refractivity contribution in [1.29, 1.82) is 0 Å². The molecule has 0 radical (unpaired) electrons. The largest absolute Gasteiger partial charge is 0.452 e. The normalized spacial score (nSPS) is 10.4. The number of imide groups is 1. The van der Waals surface area contributed by atoms with Gasteiger partial charge < -0.3 is 9.47 Å². The maximum atomic E-state index is 12.1. The summed E-state index contributed by atoms with van der Waals surface area (Å²) in [6.07, 6.45) is 0. The van der Waals surface area contributed by atoms with Gasteiger partial charge in [-0.05, 0) is 61.4 Å². The predicted molar refractivity (Wildman–Crippen MR) is 91.7 cm³/mol. The average molecular weight is 377 g/mol. The van der Waals surface area contributed by atoms with Gasteiger partial charge in [0, 0.05) is 5.56 Å². The van der Waals surface area contributed by atoms with Crippen LogP contribution in [0.4, 0.5) is 8.78 Å². The molecule has 6 nitrogen and oxygen atoms in total. The van der Waals surface area contributed by atoms with Gasteiger partial charge in [0.2, 0.25) is 0 Å². The fraction of sp³-hybridized carbons (Fsp3) is 0.211. The molecule has 0 aromatic heterocycles. The van der Waals surface area contributed by atoms with Crippen LogP contribution in [-0.2, 0) is 9.53 Å². The number of alkyl halides is 2. The van der Waals surface area contributed by atoms with Crippen molar-refractivity contribution in [3.8, 4) is 5.75 Å². The lowest BCUT2D eigenvalue weighted by molar-refractivity contribution is -0.123. The Morgan fingerprint density at radius 1 is 0.963 bits per heavy atom. The Morgan fingerprint density at radius 2 is 1.59 bits per heavy atom. The number of amides is 2. The summed E-state index contributed by atoms with van der Waals surface area (Å²) in [5, 5.41) is 2.04. The molecule has 0 aliphatic carbocycles.